The van der Waals surface area contributed by atoms with Gasteiger partial charge in [-0.05, 0) is 48.4 Å². The molecular weight excluding hydrogens is 278 g/mol. The molecule has 0 spiro atoms. The lowest BCUT2D eigenvalue weighted by molar-refractivity contribution is 0.573. The molecule has 0 aliphatic carbocycles. The van der Waals surface area contributed by atoms with Gasteiger partial charge in [0.1, 0.15) is 11.6 Å². The lowest BCUT2D eigenvalue weighted by Gasteiger charge is -2.15. The van der Waals surface area contributed by atoms with Crippen molar-refractivity contribution < 1.29 is 8.78 Å². The highest BCUT2D eigenvalue weighted by atomic mass is 32.2. The lowest BCUT2D eigenvalue weighted by Crippen LogP contribution is -2.38. The van der Waals surface area contributed by atoms with Crippen LogP contribution in [0.3, 0.4) is 0 Å². The summed E-state index contributed by atoms with van der Waals surface area (Å²) in [6.45, 7) is 0. The van der Waals surface area contributed by atoms with E-state index in [1.165, 1.54) is 24.3 Å². The molecule has 5 heteroatoms. The third-order valence-electron chi connectivity index (χ3n) is 2.90. The van der Waals surface area contributed by atoms with Crippen molar-refractivity contribution in [2.45, 2.75) is 17.4 Å². The molecule has 0 aliphatic heterocycles. The van der Waals surface area contributed by atoms with E-state index in [-0.39, 0.29) is 17.7 Å². The standard InChI is InChI=1S/C15H16F2N2S/c16-12-3-1-11(2-4-12)9-14(19-18)10-20-15-7-5-13(17)6-8-15/h1-8,14,19H,9-10,18H2. The van der Waals surface area contributed by atoms with Crippen LogP contribution in [0.1, 0.15) is 5.56 Å². The third kappa shape index (κ3) is 4.59. The van der Waals surface area contributed by atoms with Gasteiger partial charge in [-0.2, -0.15) is 0 Å². The number of thioether (sulfide) groups is 1. The van der Waals surface area contributed by atoms with Crippen LogP contribution in [-0.2, 0) is 6.42 Å². The zero-order valence-corrected chi connectivity index (χ0v) is 11.7. The van der Waals surface area contributed by atoms with Crippen molar-refractivity contribution >= 4 is 11.8 Å². The van der Waals surface area contributed by atoms with Crippen LogP contribution in [0.25, 0.3) is 0 Å². The molecule has 2 aromatic carbocycles. The summed E-state index contributed by atoms with van der Waals surface area (Å²) < 4.78 is 25.6. The van der Waals surface area contributed by atoms with Crippen LogP contribution in [0, 0.1) is 11.6 Å². The number of halogens is 2. The van der Waals surface area contributed by atoms with E-state index < -0.39 is 0 Å². The number of hydrazine groups is 1. The Morgan fingerprint density at radius 1 is 0.950 bits per heavy atom. The van der Waals surface area contributed by atoms with Gasteiger partial charge >= 0.3 is 0 Å². The van der Waals surface area contributed by atoms with Crippen molar-refractivity contribution in [1.29, 1.82) is 0 Å². The molecule has 0 fully saturated rings. The minimum atomic E-state index is -0.244. The first-order chi connectivity index (χ1) is 9.67. The molecule has 0 aromatic heterocycles. The SMILES string of the molecule is NNC(CSc1ccc(F)cc1)Cc1ccc(F)cc1. The second-order valence-electron chi connectivity index (χ2n) is 4.46. The fraction of sp³-hybridized carbons (Fsp3) is 0.200. The molecule has 0 radical (unpaired) electrons. The van der Waals surface area contributed by atoms with E-state index in [1.54, 1.807) is 36.0 Å². The van der Waals surface area contributed by atoms with Crippen LogP contribution in [0.2, 0.25) is 0 Å². The Morgan fingerprint density at radius 2 is 1.50 bits per heavy atom. The van der Waals surface area contributed by atoms with E-state index in [4.69, 9.17) is 5.84 Å². The van der Waals surface area contributed by atoms with Crippen LogP contribution < -0.4 is 11.3 Å². The minimum absolute atomic E-state index is 0.0653. The third-order valence-corrected chi connectivity index (χ3v) is 4.07. The highest BCUT2D eigenvalue weighted by Gasteiger charge is 2.09. The predicted molar refractivity (Wildman–Crippen MR) is 78.3 cm³/mol. The molecule has 1 unspecified atom stereocenters. The van der Waals surface area contributed by atoms with Crippen molar-refractivity contribution in [3.05, 3.63) is 65.7 Å². The maximum Gasteiger partial charge on any atom is 0.123 e. The zero-order valence-electron chi connectivity index (χ0n) is 10.9. The zero-order chi connectivity index (χ0) is 14.4. The second-order valence-corrected chi connectivity index (χ2v) is 5.55. The van der Waals surface area contributed by atoms with Crippen molar-refractivity contribution in [2.75, 3.05) is 5.75 Å². The van der Waals surface area contributed by atoms with Crippen LogP contribution in [0.4, 0.5) is 8.78 Å². The largest absolute Gasteiger partial charge is 0.271 e. The van der Waals surface area contributed by atoms with E-state index in [2.05, 4.69) is 5.43 Å². The summed E-state index contributed by atoms with van der Waals surface area (Å²) in [5, 5.41) is 0. The molecule has 2 nitrogen and oxygen atoms in total. The summed E-state index contributed by atoms with van der Waals surface area (Å²) in [4.78, 5) is 0.991. The van der Waals surface area contributed by atoms with Crippen molar-refractivity contribution in [3.63, 3.8) is 0 Å². The lowest BCUT2D eigenvalue weighted by atomic mass is 10.1. The van der Waals surface area contributed by atoms with Gasteiger partial charge in [-0.1, -0.05) is 12.1 Å². The fourth-order valence-electron chi connectivity index (χ4n) is 1.80. The Bertz CT molecular complexity index is 529. The fourth-order valence-corrected chi connectivity index (χ4v) is 2.73. The number of hydrogen-bond acceptors (Lipinski definition) is 3. The van der Waals surface area contributed by atoms with Gasteiger partial charge in [-0.15, -0.1) is 11.8 Å². The summed E-state index contributed by atoms with van der Waals surface area (Å²) in [6.07, 6.45) is 0.713. The van der Waals surface area contributed by atoms with E-state index in [1.807, 2.05) is 0 Å². The Balaban J connectivity index is 1.88. The molecule has 0 saturated carbocycles. The van der Waals surface area contributed by atoms with Crippen LogP contribution in [0.5, 0.6) is 0 Å². The molecule has 0 bridgehead atoms. The first kappa shape index (κ1) is 15.0. The highest BCUT2D eigenvalue weighted by molar-refractivity contribution is 7.99. The topological polar surface area (TPSA) is 38.0 Å². The molecule has 20 heavy (non-hydrogen) atoms. The molecule has 106 valence electrons. The number of hydrogen-bond donors (Lipinski definition) is 2. The first-order valence-electron chi connectivity index (χ1n) is 6.26. The van der Waals surface area contributed by atoms with E-state index in [9.17, 15) is 8.78 Å². The summed E-state index contributed by atoms with van der Waals surface area (Å²) in [6, 6.07) is 12.8. The molecule has 1 atom stereocenters. The van der Waals surface area contributed by atoms with Gasteiger partial charge in [0.25, 0.3) is 0 Å². The van der Waals surface area contributed by atoms with Gasteiger partial charge in [-0.25, -0.2) is 8.78 Å². The van der Waals surface area contributed by atoms with Gasteiger partial charge in [-0.3, -0.25) is 11.3 Å². The molecule has 0 aliphatic rings. The Hall–Kier alpha value is -1.43. The summed E-state index contributed by atoms with van der Waals surface area (Å²) >= 11 is 1.60. The quantitative estimate of drug-likeness (QED) is 0.488. The van der Waals surface area contributed by atoms with Crippen molar-refractivity contribution in [2.24, 2.45) is 5.84 Å². The Morgan fingerprint density at radius 3 is 2.05 bits per heavy atom. The Kier molecular flexibility index (Phi) is 5.52. The molecule has 2 rings (SSSR count). The smallest absolute Gasteiger partial charge is 0.123 e. The highest BCUT2D eigenvalue weighted by Crippen LogP contribution is 2.20. The van der Waals surface area contributed by atoms with Gasteiger partial charge in [0, 0.05) is 16.7 Å². The summed E-state index contributed by atoms with van der Waals surface area (Å²) in [5.74, 6) is 5.81. The monoisotopic (exact) mass is 294 g/mol. The van der Waals surface area contributed by atoms with Crippen LogP contribution in [0.15, 0.2) is 53.4 Å². The second kappa shape index (κ2) is 7.38. The molecule has 0 amide bonds. The normalized spacial score (nSPS) is 12.3. The number of benzene rings is 2. The van der Waals surface area contributed by atoms with Gasteiger partial charge in [0.05, 0.1) is 0 Å². The van der Waals surface area contributed by atoms with E-state index in [0.29, 0.717) is 6.42 Å². The van der Waals surface area contributed by atoms with Gasteiger partial charge in [0.2, 0.25) is 0 Å². The number of nitrogens with one attached hydrogen (secondary N) is 1. The maximum absolute atomic E-state index is 12.8. The first-order valence-corrected chi connectivity index (χ1v) is 7.25. The van der Waals surface area contributed by atoms with Gasteiger partial charge < -0.3 is 0 Å². The molecule has 0 saturated heterocycles. The predicted octanol–water partition coefficient (Wildman–Crippen LogP) is 3.13. The van der Waals surface area contributed by atoms with Crippen molar-refractivity contribution in [3.8, 4) is 0 Å². The van der Waals surface area contributed by atoms with Crippen molar-refractivity contribution in [1.82, 2.24) is 5.43 Å². The van der Waals surface area contributed by atoms with E-state index >= 15 is 0 Å². The molecule has 3 N–H and O–H groups in total. The van der Waals surface area contributed by atoms with Gasteiger partial charge in [0.15, 0.2) is 0 Å². The molecule has 0 heterocycles. The maximum atomic E-state index is 12.8. The minimum Gasteiger partial charge on any atom is -0.271 e. The average molecular weight is 294 g/mol. The Labute approximate surface area is 121 Å². The van der Waals surface area contributed by atoms with E-state index in [0.717, 1.165) is 16.2 Å². The summed E-state index contributed by atoms with van der Waals surface area (Å²) in [7, 11) is 0. The van der Waals surface area contributed by atoms with Crippen LogP contribution in [-0.4, -0.2) is 11.8 Å². The average Bonchev–Trinajstić information content (AvgIpc) is 2.47. The number of nitrogens with two attached hydrogens (primary N) is 1. The number of rotatable bonds is 6. The molecule has 2 aromatic rings. The van der Waals surface area contributed by atoms with Crippen LogP contribution >= 0.6 is 11.8 Å². The summed E-state index contributed by atoms with van der Waals surface area (Å²) in [5.41, 5.74) is 3.78. The molecular formula is C15H16F2N2S.